The molecule has 4 rings (SSSR count). The molecular weight excluding hydrogens is 355 g/mol. The van der Waals surface area contributed by atoms with Crippen molar-refractivity contribution in [2.24, 2.45) is 0 Å². The van der Waals surface area contributed by atoms with E-state index in [-0.39, 0.29) is 23.0 Å². The van der Waals surface area contributed by atoms with Crippen LogP contribution in [0.4, 0.5) is 4.39 Å². The molecule has 0 unspecified atom stereocenters. The van der Waals surface area contributed by atoms with Gasteiger partial charge in [-0.05, 0) is 35.7 Å². The van der Waals surface area contributed by atoms with E-state index >= 15 is 0 Å². The number of halogens is 2. The second-order valence-corrected chi connectivity index (χ2v) is 7.90. The first-order valence-electron chi connectivity index (χ1n) is 7.22. The Morgan fingerprint density at radius 2 is 2.12 bits per heavy atom. The summed E-state index contributed by atoms with van der Waals surface area (Å²) < 4.78 is 40.8. The quantitative estimate of drug-likeness (QED) is 0.755. The van der Waals surface area contributed by atoms with E-state index in [0.29, 0.717) is 12.1 Å². The highest BCUT2D eigenvalue weighted by Gasteiger charge is 2.31. The fourth-order valence-electron chi connectivity index (χ4n) is 2.96. The zero-order chi connectivity index (χ0) is 16.9. The zero-order valence-electron chi connectivity index (χ0n) is 12.3. The van der Waals surface area contributed by atoms with Crippen molar-refractivity contribution < 1.29 is 12.8 Å². The summed E-state index contributed by atoms with van der Waals surface area (Å²) in [6.07, 6.45) is 3.84. The third-order valence-electron chi connectivity index (χ3n) is 4.15. The van der Waals surface area contributed by atoms with Crippen molar-refractivity contribution in [1.82, 2.24) is 19.5 Å². The van der Waals surface area contributed by atoms with E-state index in [1.807, 2.05) is 0 Å². The highest BCUT2D eigenvalue weighted by molar-refractivity contribution is 7.89. The predicted octanol–water partition coefficient (Wildman–Crippen LogP) is 2.50. The summed E-state index contributed by atoms with van der Waals surface area (Å²) in [5.41, 5.74) is 2.50. The van der Waals surface area contributed by atoms with E-state index in [4.69, 9.17) is 11.6 Å². The van der Waals surface area contributed by atoms with Gasteiger partial charge in [-0.3, -0.25) is 5.10 Å². The fourth-order valence-corrected chi connectivity index (χ4v) is 4.58. The maximum absolute atomic E-state index is 14.0. The molecule has 2 aromatic heterocycles. The van der Waals surface area contributed by atoms with Crippen LogP contribution in [-0.2, 0) is 23.0 Å². The summed E-state index contributed by atoms with van der Waals surface area (Å²) in [5, 5.41) is 7.80. The van der Waals surface area contributed by atoms with E-state index in [0.717, 1.165) is 22.6 Å². The predicted molar refractivity (Wildman–Crippen MR) is 86.6 cm³/mol. The van der Waals surface area contributed by atoms with Crippen LogP contribution in [0.15, 0.2) is 35.5 Å². The molecule has 9 heteroatoms. The molecule has 124 valence electrons. The van der Waals surface area contributed by atoms with Crippen LogP contribution >= 0.6 is 11.6 Å². The summed E-state index contributed by atoms with van der Waals surface area (Å²) in [7, 11) is -3.94. The highest BCUT2D eigenvalue weighted by atomic mass is 35.5. The van der Waals surface area contributed by atoms with Crippen molar-refractivity contribution >= 4 is 32.7 Å². The minimum absolute atomic E-state index is 0.147. The number of rotatable bonds is 2. The van der Waals surface area contributed by atoms with Gasteiger partial charge in [0.25, 0.3) is 0 Å². The van der Waals surface area contributed by atoms with Crippen LogP contribution in [0.25, 0.3) is 11.0 Å². The largest absolute Gasteiger partial charge is 0.261 e. The Morgan fingerprint density at radius 1 is 1.29 bits per heavy atom. The number of nitrogens with one attached hydrogen (secondary N) is 1. The molecule has 3 aromatic rings. The molecule has 1 aliphatic rings. The van der Waals surface area contributed by atoms with Gasteiger partial charge in [0.05, 0.1) is 6.20 Å². The Hall–Kier alpha value is -2.03. The van der Waals surface area contributed by atoms with Gasteiger partial charge in [-0.25, -0.2) is 17.8 Å². The molecule has 0 amide bonds. The van der Waals surface area contributed by atoms with Crippen molar-refractivity contribution in [3.63, 3.8) is 0 Å². The lowest BCUT2D eigenvalue weighted by Crippen LogP contribution is -2.36. The summed E-state index contributed by atoms with van der Waals surface area (Å²) in [4.78, 5) is 3.87. The number of hydrogen-bond acceptors (Lipinski definition) is 4. The smallest absolute Gasteiger partial charge is 0.246 e. The Bertz CT molecular complexity index is 1050. The fraction of sp³-hybridized carbons (Fsp3) is 0.200. The number of sulfonamides is 1. The molecular formula is C15H12ClFN4O2S. The van der Waals surface area contributed by atoms with Gasteiger partial charge in [-0.1, -0.05) is 11.6 Å². The second kappa shape index (κ2) is 5.51. The van der Waals surface area contributed by atoms with Crippen LogP contribution < -0.4 is 0 Å². The Morgan fingerprint density at radius 3 is 2.92 bits per heavy atom. The molecule has 6 nitrogen and oxygen atoms in total. The zero-order valence-corrected chi connectivity index (χ0v) is 13.9. The van der Waals surface area contributed by atoms with Gasteiger partial charge in [0, 0.05) is 29.7 Å². The minimum atomic E-state index is -3.94. The molecule has 24 heavy (non-hydrogen) atoms. The molecule has 0 saturated carbocycles. The lowest BCUT2D eigenvalue weighted by atomic mass is 10.0. The van der Waals surface area contributed by atoms with Gasteiger partial charge >= 0.3 is 0 Å². The minimum Gasteiger partial charge on any atom is -0.261 e. The highest BCUT2D eigenvalue weighted by Crippen LogP contribution is 2.29. The van der Waals surface area contributed by atoms with Gasteiger partial charge in [0.15, 0.2) is 5.65 Å². The van der Waals surface area contributed by atoms with E-state index in [2.05, 4.69) is 15.2 Å². The molecule has 1 aromatic carbocycles. The van der Waals surface area contributed by atoms with E-state index < -0.39 is 15.8 Å². The van der Waals surface area contributed by atoms with Crippen molar-refractivity contribution in [1.29, 1.82) is 0 Å². The monoisotopic (exact) mass is 366 g/mol. The lowest BCUT2D eigenvalue weighted by molar-refractivity contribution is 0.389. The summed E-state index contributed by atoms with van der Waals surface area (Å²) >= 11 is 5.70. The first-order valence-corrected chi connectivity index (χ1v) is 9.03. The third kappa shape index (κ3) is 2.38. The van der Waals surface area contributed by atoms with Crippen molar-refractivity contribution in [2.45, 2.75) is 17.9 Å². The van der Waals surface area contributed by atoms with Crippen molar-refractivity contribution in [2.75, 3.05) is 6.54 Å². The standard InChI is InChI=1S/C15H12ClFN4O2S/c16-10-1-2-14(13(17)5-10)24(22,23)21-4-3-11-9(8-21)6-18-15-12(11)7-19-20-15/h1-2,5-7H,3-4,8H2,(H,18,19,20). The average Bonchev–Trinajstić information content (AvgIpc) is 3.03. The van der Waals surface area contributed by atoms with Gasteiger partial charge in [0.2, 0.25) is 10.0 Å². The van der Waals surface area contributed by atoms with E-state index in [1.54, 1.807) is 12.4 Å². The summed E-state index contributed by atoms with van der Waals surface area (Å²) in [6, 6.07) is 3.56. The number of pyridine rings is 1. The van der Waals surface area contributed by atoms with Crippen LogP contribution in [-0.4, -0.2) is 34.4 Å². The maximum Gasteiger partial charge on any atom is 0.246 e. The summed E-state index contributed by atoms with van der Waals surface area (Å²) in [5.74, 6) is -0.850. The molecule has 0 saturated heterocycles. The topological polar surface area (TPSA) is 79.0 Å². The van der Waals surface area contributed by atoms with Gasteiger partial charge in [0.1, 0.15) is 10.7 Å². The Balaban J connectivity index is 1.73. The molecule has 0 atom stereocenters. The molecule has 1 N–H and O–H groups in total. The first kappa shape index (κ1) is 15.5. The number of aromatic nitrogens is 3. The summed E-state index contributed by atoms with van der Waals surface area (Å²) in [6.45, 7) is 0.412. The SMILES string of the molecule is O=S(=O)(c1ccc(Cl)cc1F)N1CCc2c(cnc3[nH]ncc23)C1. The Labute approximate surface area is 142 Å². The number of nitrogens with zero attached hydrogens (tertiary/aromatic N) is 3. The normalized spacial score (nSPS) is 15.6. The molecule has 0 radical (unpaired) electrons. The van der Waals surface area contributed by atoms with Crippen molar-refractivity contribution in [3.8, 4) is 0 Å². The third-order valence-corrected chi connectivity index (χ3v) is 6.26. The van der Waals surface area contributed by atoms with Crippen LogP contribution in [0.1, 0.15) is 11.1 Å². The van der Waals surface area contributed by atoms with Crippen molar-refractivity contribution in [3.05, 3.63) is 52.6 Å². The molecule has 1 aliphatic heterocycles. The maximum atomic E-state index is 14.0. The molecule has 0 fully saturated rings. The van der Waals surface area contributed by atoms with Crippen LogP contribution in [0, 0.1) is 5.82 Å². The number of H-pyrrole nitrogens is 1. The lowest BCUT2D eigenvalue weighted by Gasteiger charge is -2.28. The number of fused-ring (bicyclic) bond motifs is 3. The molecule has 0 aliphatic carbocycles. The van der Waals surface area contributed by atoms with E-state index in [9.17, 15) is 12.8 Å². The number of hydrogen-bond donors (Lipinski definition) is 1. The van der Waals surface area contributed by atoms with Gasteiger partial charge in [-0.15, -0.1) is 0 Å². The van der Waals surface area contributed by atoms with E-state index in [1.165, 1.54) is 16.4 Å². The number of benzene rings is 1. The molecule has 3 heterocycles. The average molecular weight is 367 g/mol. The molecule has 0 bridgehead atoms. The van der Waals surface area contributed by atoms with Crippen LogP contribution in [0.2, 0.25) is 5.02 Å². The first-order chi connectivity index (χ1) is 11.5. The van der Waals surface area contributed by atoms with Gasteiger partial charge < -0.3 is 0 Å². The van der Waals surface area contributed by atoms with Gasteiger partial charge in [-0.2, -0.15) is 9.40 Å². The Kier molecular flexibility index (Phi) is 3.56. The van der Waals surface area contributed by atoms with Crippen LogP contribution in [0.3, 0.4) is 0 Å². The number of aromatic amines is 1. The molecule has 0 spiro atoms. The van der Waals surface area contributed by atoms with Crippen LogP contribution in [0.5, 0.6) is 0 Å². The second-order valence-electron chi connectivity index (χ2n) is 5.56.